The number of carbonyl (C=O) groups excluding carboxylic acids is 1. The average molecular weight is 561 g/mol. The number of benzene rings is 1. The molecule has 6 nitrogen and oxygen atoms in total. The van der Waals surface area contributed by atoms with Gasteiger partial charge in [-0.2, -0.15) is 0 Å². The van der Waals surface area contributed by atoms with Gasteiger partial charge in [0.05, 0.1) is 12.8 Å². The molecular formula is C20H26BrIN4O2. The van der Waals surface area contributed by atoms with Gasteiger partial charge in [0.2, 0.25) is 0 Å². The van der Waals surface area contributed by atoms with E-state index in [-0.39, 0.29) is 29.9 Å². The lowest BCUT2D eigenvalue weighted by Gasteiger charge is -2.36. The Kier molecular flexibility index (Phi) is 8.81. The predicted molar refractivity (Wildman–Crippen MR) is 125 cm³/mol. The number of hydrogen-bond acceptors (Lipinski definition) is 3. The molecule has 1 aliphatic heterocycles. The van der Waals surface area contributed by atoms with Gasteiger partial charge in [-0.15, -0.1) is 24.0 Å². The quantitative estimate of drug-likeness (QED) is 0.350. The summed E-state index contributed by atoms with van der Waals surface area (Å²) in [5.41, 5.74) is 2.43. The number of nitrogens with zero attached hydrogens (tertiary/aromatic N) is 3. The number of amides is 1. The van der Waals surface area contributed by atoms with Crippen molar-refractivity contribution in [1.29, 1.82) is 0 Å². The van der Waals surface area contributed by atoms with E-state index < -0.39 is 0 Å². The molecule has 152 valence electrons. The van der Waals surface area contributed by atoms with Gasteiger partial charge in [0.25, 0.3) is 5.91 Å². The topological polar surface area (TPSA) is 61.1 Å². The molecule has 1 aliphatic rings. The highest BCUT2D eigenvalue weighted by molar-refractivity contribution is 14.0. The summed E-state index contributed by atoms with van der Waals surface area (Å²) in [5, 5.41) is 3.37. The Morgan fingerprint density at radius 2 is 1.93 bits per heavy atom. The molecule has 1 aromatic heterocycles. The van der Waals surface area contributed by atoms with Crippen molar-refractivity contribution in [2.24, 2.45) is 4.99 Å². The molecule has 0 saturated carbocycles. The summed E-state index contributed by atoms with van der Waals surface area (Å²) in [5.74, 6) is 1.24. The number of aliphatic imine (C=N–C) groups is 1. The third-order valence-corrected chi connectivity index (χ3v) is 5.13. The van der Waals surface area contributed by atoms with E-state index in [9.17, 15) is 4.79 Å². The van der Waals surface area contributed by atoms with Crippen molar-refractivity contribution < 1.29 is 9.21 Å². The Morgan fingerprint density at radius 1 is 1.21 bits per heavy atom. The molecule has 1 aromatic carbocycles. The van der Waals surface area contributed by atoms with E-state index >= 15 is 0 Å². The molecular weight excluding hydrogens is 535 g/mol. The molecule has 28 heavy (non-hydrogen) atoms. The monoisotopic (exact) mass is 560 g/mol. The van der Waals surface area contributed by atoms with Gasteiger partial charge in [0, 0.05) is 37.2 Å². The maximum absolute atomic E-state index is 12.4. The molecule has 1 saturated heterocycles. The molecule has 0 aliphatic carbocycles. The van der Waals surface area contributed by atoms with Crippen LogP contribution in [-0.4, -0.2) is 54.4 Å². The van der Waals surface area contributed by atoms with Gasteiger partial charge in [0.1, 0.15) is 0 Å². The number of carbonyl (C=O) groups is 1. The second-order valence-electron chi connectivity index (χ2n) is 6.50. The number of hydrogen-bond donors (Lipinski definition) is 1. The van der Waals surface area contributed by atoms with Gasteiger partial charge in [-0.05, 0) is 49.2 Å². The van der Waals surface area contributed by atoms with Crippen molar-refractivity contribution in [3.8, 4) is 0 Å². The summed E-state index contributed by atoms with van der Waals surface area (Å²) < 4.78 is 6.30. The van der Waals surface area contributed by atoms with E-state index in [0.717, 1.165) is 30.1 Å². The first-order chi connectivity index (χ1) is 13.1. The number of halogens is 2. The summed E-state index contributed by atoms with van der Waals surface area (Å²) in [6, 6.07) is 9.71. The molecule has 1 N–H and O–H groups in total. The maximum Gasteiger partial charge on any atom is 0.289 e. The Labute approximate surface area is 191 Å². The van der Waals surface area contributed by atoms with Crippen LogP contribution in [-0.2, 0) is 6.54 Å². The van der Waals surface area contributed by atoms with Crippen LogP contribution < -0.4 is 5.32 Å². The van der Waals surface area contributed by atoms with Crippen LogP contribution in [0.4, 0.5) is 0 Å². The van der Waals surface area contributed by atoms with E-state index in [1.165, 1.54) is 17.4 Å². The summed E-state index contributed by atoms with van der Waals surface area (Å²) in [6.07, 6.45) is 1.53. The van der Waals surface area contributed by atoms with Crippen LogP contribution in [0.5, 0.6) is 0 Å². The molecule has 0 spiro atoms. The van der Waals surface area contributed by atoms with Crippen LogP contribution in [0, 0.1) is 6.92 Å². The number of furan rings is 1. The number of rotatable bonds is 4. The Balaban J connectivity index is 0.00000280. The fourth-order valence-electron chi connectivity index (χ4n) is 3.10. The first-order valence-electron chi connectivity index (χ1n) is 9.19. The molecule has 1 amide bonds. The van der Waals surface area contributed by atoms with Gasteiger partial charge < -0.3 is 19.5 Å². The van der Waals surface area contributed by atoms with E-state index in [2.05, 4.69) is 52.1 Å². The van der Waals surface area contributed by atoms with Gasteiger partial charge in [-0.3, -0.25) is 4.79 Å². The summed E-state index contributed by atoms with van der Waals surface area (Å²) >= 11 is 3.50. The zero-order valence-electron chi connectivity index (χ0n) is 16.2. The lowest BCUT2D eigenvalue weighted by molar-refractivity contribution is 0.0657. The molecule has 1 fully saturated rings. The van der Waals surface area contributed by atoms with E-state index in [1.54, 1.807) is 12.1 Å². The molecule has 8 heteroatoms. The smallest absolute Gasteiger partial charge is 0.289 e. The number of aryl methyl sites for hydroxylation is 1. The van der Waals surface area contributed by atoms with Gasteiger partial charge in [0.15, 0.2) is 11.7 Å². The second kappa shape index (κ2) is 10.8. The van der Waals surface area contributed by atoms with Crippen molar-refractivity contribution in [3.63, 3.8) is 0 Å². The summed E-state index contributed by atoms with van der Waals surface area (Å²) in [6.45, 7) is 8.41. The molecule has 0 radical (unpaired) electrons. The standard InChI is InChI=1S/C20H25BrN4O2.HI/c1-3-22-20(23-14-16-6-7-17(21)13-15(16)2)25-10-8-24(9-11-25)19(26)18-5-4-12-27-18;/h4-7,12-13H,3,8-11,14H2,1-2H3,(H,22,23);1H. The van der Waals surface area contributed by atoms with Crippen LogP contribution in [0.2, 0.25) is 0 Å². The normalized spacial score (nSPS) is 14.6. The highest BCUT2D eigenvalue weighted by atomic mass is 127. The van der Waals surface area contributed by atoms with Gasteiger partial charge >= 0.3 is 0 Å². The van der Waals surface area contributed by atoms with Crippen molar-refractivity contribution in [3.05, 3.63) is 58.0 Å². The van der Waals surface area contributed by atoms with E-state index in [4.69, 9.17) is 9.41 Å². The Bertz CT molecular complexity index is 803. The lowest BCUT2D eigenvalue weighted by Crippen LogP contribution is -2.53. The summed E-state index contributed by atoms with van der Waals surface area (Å²) in [4.78, 5) is 21.3. The highest BCUT2D eigenvalue weighted by Gasteiger charge is 2.25. The third kappa shape index (κ3) is 5.73. The van der Waals surface area contributed by atoms with Gasteiger partial charge in [-0.1, -0.05) is 22.0 Å². The predicted octanol–water partition coefficient (Wildman–Crippen LogP) is 3.89. The minimum atomic E-state index is -0.0490. The van der Waals surface area contributed by atoms with Crippen LogP contribution in [0.25, 0.3) is 0 Å². The van der Waals surface area contributed by atoms with Crippen LogP contribution >= 0.6 is 39.9 Å². The van der Waals surface area contributed by atoms with E-state index in [1.807, 2.05) is 11.0 Å². The molecule has 0 unspecified atom stereocenters. The molecule has 0 bridgehead atoms. The Morgan fingerprint density at radius 3 is 2.54 bits per heavy atom. The SMILES string of the molecule is CCNC(=NCc1ccc(Br)cc1C)N1CCN(C(=O)c2ccco2)CC1.I. The minimum Gasteiger partial charge on any atom is -0.459 e. The largest absolute Gasteiger partial charge is 0.459 e. The molecule has 0 atom stereocenters. The Hall–Kier alpha value is -1.55. The maximum atomic E-state index is 12.4. The second-order valence-corrected chi connectivity index (χ2v) is 7.41. The molecule has 2 aromatic rings. The lowest BCUT2D eigenvalue weighted by atomic mass is 10.1. The van der Waals surface area contributed by atoms with Crippen molar-refractivity contribution in [2.45, 2.75) is 20.4 Å². The molecule has 2 heterocycles. The van der Waals surface area contributed by atoms with Crippen LogP contribution in [0.3, 0.4) is 0 Å². The fourth-order valence-corrected chi connectivity index (χ4v) is 3.58. The fraction of sp³-hybridized carbons (Fsp3) is 0.400. The first kappa shape index (κ1) is 22.7. The highest BCUT2D eigenvalue weighted by Crippen LogP contribution is 2.17. The summed E-state index contributed by atoms with van der Waals surface area (Å²) in [7, 11) is 0. The van der Waals surface area contributed by atoms with Crippen molar-refractivity contribution in [2.75, 3.05) is 32.7 Å². The van der Waals surface area contributed by atoms with Crippen molar-refractivity contribution >= 4 is 51.8 Å². The zero-order chi connectivity index (χ0) is 19.2. The molecule has 3 rings (SSSR count). The number of guanidine groups is 1. The zero-order valence-corrected chi connectivity index (χ0v) is 20.1. The minimum absolute atomic E-state index is 0. The first-order valence-corrected chi connectivity index (χ1v) is 9.99. The van der Waals surface area contributed by atoms with Crippen LogP contribution in [0.15, 0.2) is 50.5 Å². The van der Waals surface area contributed by atoms with Crippen molar-refractivity contribution in [1.82, 2.24) is 15.1 Å². The van der Waals surface area contributed by atoms with E-state index in [0.29, 0.717) is 25.4 Å². The number of nitrogens with one attached hydrogen (secondary N) is 1. The average Bonchev–Trinajstić information content (AvgIpc) is 3.21. The number of piperazine rings is 1. The third-order valence-electron chi connectivity index (χ3n) is 4.64. The van der Waals surface area contributed by atoms with Gasteiger partial charge in [-0.25, -0.2) is 4.99 Å². The van der Waals surface area contributed by atoms with Crippen LogP contribution in [0.1, 0.15) is 28.6 Å².